The van der Waals surface area contributed by atoms with Gasteiger partial charge >= 0.3 is 0 Å². The third-order valence-corrected chi connectivity index (χ3v) is 5.13. The first-order chi connectivity index (χ1) is 10.9. The number of ether oxygens (including phenoxy) is 2. The molecule has 2 bridgehead atoms. The van der Waals surface area contributed by atoms with Gasteiger partial charge in [0.05, 0.1) is 23.6 Å². The Bertz CT molecular complexity index is 731. The number of fused-ring (bicyclic) bond motifs is 2. The van der Waals surface area contributed by atoms with Gasteiger partial charge in [0.2, 0.25) is 0 Å². The van der Waals surface area contributed by atoms with Gasteiger partial charge in [0.1, 0.15) is 12.2 Å². The van der Waals surface area contributed by atoms with E-state index >= 15 is 0 Å². The predicted octanol–water partition coefficient (Wildman–Crippen LogP) is 0.864. The van der Waals surface area contributed by atoms with E-state index < -0.39 is 40.8 Å². The minimum Gasteiger partial charge on any atom is -0.390 e. The predicted molar refractivity (Wildman–Crippen MR) is 76.8 cm³/mol. The van der Waals surface area contributed by atoms with Crippen LogP contribution in [-0.2, 0) is 23.8 Å². The monoisotopic (exact) mass is 341 g/mol. The molecule has 2 aliphatic heterocycles. The summed E-state index contributed by atoms with van der Waals surface area (Å²) in [4.78, 5) is 2.61. The van der Waals surface area contributed by atoms with E-state index in [0.717, 1.165) is 5.56 Å². The van der Waals surface area contributed by atoms with E-state index in [4.69, 9.17) is 19.2 Å². The molecule has 0 aromatic heterocycles. The van der Waals surface area contributed by atoms with E-state index in [1.807, 2.05) is 6.92 Å². The third-order valence-electron chi connectivity index (χ3n) is 3.80. The topological polar surface area (TPSA) is 131 Å². The SMILES string of the molecule is Cc1ccc(S(=O)(=O)O[C@H]2[C@@H]3OC[C@@H](O3)[C@H](O)[C@@H]2N=[N+]=[N-])cc1. The zero-order valence-electron chi connectivity index (χ0n) is 12.1. The summed E-state index contributed by atoms with van der Waals surface area (Å²) in [6.45, 7) is 1.90. The second kappa shape index (κ2) is 6.08. The van der Waals surface area contributed by atoms with Crippen LogP contribution in [0.25, 0.3) is 10.4 Å². The lowest BCUT2D eigenvalue weighted by Gasteiger charge is -2.35. The summed E-state index contributed by atoms with van der Waals surface area (Å²) in [5.41, 5.74) is 9.55. The lowest BCUT2D eigenvalue weighted by atomic mass is 9.99. The Morgan fingerprint density at radius 3 is 2.74 bits per heavy atom. The summed E-state index contributed by atoms with van der Waals surface area (Å²) in [6.07, 6.45) is -4.15. The van der Waals surface area contributed by atoms with Crippen LogP contribution in [0.5, 0.6) is 0 Å². The fourth-order valence-corrected chi connectivity index (χ4v) is 3.65. The number of hydrogen-bond donors (Lipinski definition) is 1. The smallest absolute Gasteiger partial charge is 0.297 e. The minimum atomic E-state index is -4.13. The lowest BCUT2D eigenvalue weighted by molar-refractivity contribution is -0.180. The Morgan fingerprint density at radius 2 is 2.09 bits per heavy atom. The molecule has 2 fully saturated rings. The number of rotatable bonds is 4. The molecule has 0 aliphatic carbocycles. The van der Waals surface area contributed by atoms with Crippen LogP contribution in [-0.4, -0.2) is 50.8 Å². The van der Waals surface area contributed by atoms with Crippen LogP contribution in [0.2, 0.25) is 0 Å². The first-order valence-electron chi connectivity index (χ1n) is 6.91. The van der Waals surface area contributed by atoms with Crippen molar-refractivity contribution in [3.8, 4) is 0 Å². The van der Waals surface area contributed by atoms with Gasteiger partial charge in [-0.1, -0.05) is 22.8 Å². The van der Waals surface area contributed by atoms with Gasteiger partial charge in [0.25, 0.3) is 10.1 Å². The van der Waals surface area contributed by atoms with E-state index in [2.05, 4.69) is 10.0 Å². The largest absolute Gasteiger partial charge is 0.390 e. The molecule has 5 atom stereocenters. The van der Waals surface area contributed by atoms with Crippen molar-refractivity contribution < 1.29 is 27.2 Å². The lowest BCUT2D eigenvalue weighted by Crippen LogP contribution is -2.54. The van der Waals surface area contributed by atoms with E-state index in [-0.39, 0.29) is 11.5 Å². The van der Waals surface area contributed by atoms with Crippen molar-refractivity contribution >= 4 is 10.1 Å². The van der Waals surface area contributed by atoms with E-state index in [1.165, 1.54) is 12.1 Å². The molecule has 23 heavy (non-hydrogen) atoms. The van der Waals surface area contributed by atoms with Crippen LogP contribution in [0.4, 0.5) is 0 Å². The van der Waals surface area contributed by atoms with Crippen LogP contribution in [0.1, 0.15) is 5.56 Å². The Balaban J connectivity index is 1.89. The second-order valence-electron chi connectivity index (χ2n) is 5.39. The van der Waals surface area contributed by atoms with Crippen LogP contribution in [0.3, 0.4) is 0 Å². The van der Waals surface area contributed by atoms with Gasteiger partial charge in [-0.05, 0) is 24.6 Å². The standard InChI is InChI=1S/C13H15N3O6S/c1-7-2-4-8(5-3-7)23(18,19)22-12-10(15-16-14)11(17)9-6-20-13(12)21-9/h2-5,9-13,17H,6H2,1H3/t9-,10+,11+,12-,13-/m1/s1. The quantitative estimate of drug-likeness (QED) is 0.374. The highest BCUT2D eigenvalue weighted by Crippen LogP contribution is 2.33. The van der Waals surface area contributed by atoms with Gasteiger partial charge in [-0.3, -0.25) is 4.18 Å². The van der Waals surface area contributed by atoms with Gasteiger partial charge < -0.3 is 14.6 Å². The van der Waals surface area contributed by atoms with E-state index in [9.17, 15) is 13.5 Å². The average molecular weight is 341 g/mol. The van der Waals surface area contributed by atoms with Crippen LogP contribution >= 0.6 is 0 Å². The fraction of sp³-hybridized carbons (Fsp3) is 0.538. The Kier molecular flexibility index (Phi) is 4.28. The molecule has 1 N–H and O–H groups in total. The van der Waals surface area contributed by atoms with E-state index in [1.54, 1.807) is 12.1 Å². The summed E-state index contributed by atoms with van der Waals surface area (Å²) >= 11 is 0. The van der Waals surface area contributed by atoms with Crippen molar-refractivity contribution in [2.45, 2.75) is 42.5 Å². The van der Waals surface area contributed by atoms with Crippen molar-refractivity contribution in [2.24, 2.45) is 5.11 Å². The van der Waals surface area contributed by atoms with Gasteiger partial charge in [-0.2, -0.15) is 8.42 Å². The molecule has 2 saturated heterocycles. The molecule has 0 spiro atoms. The van der Waals surface area contributed by atoms with Crippen molar-refractivity contribution in [3.63, 3.8) is 0 Å². The van der Waals surface area contributed by atoms with Crippen LogP contribution < -0.4 is 0 Å². The number of nitrogens with zero attached hydrogens (tertiary/aromatic N) is 3. The summed E-state index contributed by atoms with van der Waals surface area (Å²) in [5, 5.41) is 13.6. The molecule has 0 amide bonds. The van der Waals surface area contributed by atoms with Crippen LogP contribution in [0, 0.1) is 6.92 Å². The van der Waals surface area contributed by atoms with Crippen molar-refractivity contribution in [3.05, 3.63) is 40.3 Å². The van der Waals surface area contributed by atoms with Crippen LogP contribution in [0.15, 0.2) is 34.3 Å². The molecule has 3 rings (SSSR count). The van der Waals surface area contributed by atoms with Crippen molar-refractivity contribution in [2.75, 3.05) is 6.61 Å². The maximum Gasteiger partial charge on any atom is 0.297 e. The Hall–Kier alpha value is -1.68. The van der Waals surface area contributed by atoms with Crippen molar-refractivity contribution in [1.29, 1.82) is 0 Å². The molecule has 2 aliphatic rings. The molecule has 0 saturated carbocycles. The highest BCUT2D eigenvalue weighted by atomic mass is 32.2. The Morgan fingerprint density at radius 1 is 1.39 bits per heavy atom. The average Bonchev–Trinajstić information content (AvgIpc) is 2.96. The highest BCUT2D eigenvalue weighted by Gasteiger charge is 2.52. The molecule has 124 valence electrons. The molecular formula is C13H15N3O6S. The maximum absolute atomic E-state index is 12.4. The number of aryl methyl sites for hydroxylation is 1. The van der Waals surface area contributed by atoms with Gasteiger partial charge in [0.15, 0.2) is 6.29 Å². The third kappa shape index (κ3) is 3.05. The second-order valence-corrected chi connectivity index (χ2v) is 6.96. The zero-order chi connectivity index (χ0) is 16.6. The number of azide groups is 1. The number of aliphatic hydroxyl groups is 1. The summed E-state index contributed by atoms with van der Waals surface area (Å²) in [7, 11) is -4.13. The maximum atomic E-state index is 12.4. The first kappa shape index (κ1) is 16.2. The minimum absolute atomic E-state index is 0.0441. The summed E-state index contributed by atoms with van der Waals surface area (Å²) in [6, 6.07) is 4.97. The Labute approximate surface area is 132 Å². The molecule has 0 radical (unpaired) electrons. The normalized spacial score (nSPS) is 33.2. The van der Waals surface area contributed by atoms with Crippen molar-refractivity contribution in [1.82, 2.24) is 0 Å². The molecule has 9 nitrogen and oxygen atoms in total. The summed E-state index contributed by atoms with van der Waals surface area (Å²) in [5.74, 6) is 0. The fourth-order valence-electron chi connectivity index (χ4n) is 2.57. The highest BCUT2D eigenvalue weighted by molar-refractivity contribution is 7.86. The van der Waals surface area contributed by atoms with Gasteiger partial charge in [0, 0.05) is 4.91 Å². The molecule has 2 heterocycles. The van der Waals surface area contributed by atoms with Gasteiger partial charge in [-0.25, -0.2) is 0 Å². The number of hydrogen-bond acceptors (Lipinski definition) is 7. The zero-order valence-corrected chi connectivity index (χ0v) is 13.0. The van der Waals surface area contributed by atoms with Gasteiger partial charge in [-0.15, -0.1) is 0 Å². The molecule has 1 aromatic rings. The molecule has 0 unspecified atom stereocenters. The molecule has 10 heteroatoms. The molecular weight excluding hydrogens is 326 g/mol. The molecule has 1 aromatic carbocycles. The summed E-state index contributed by atoms with van der Waals surface area (Å²) < 4.78 is 40.6. The van der Waals surface area contributed by atoms with E-state index in [0.29, 0.717) is 0 Å². The number of aliphatic hydroxyl groups excluding tert-OH is 1. The first-order valence-corrected chi connectivity index (χ1v) is 8.32. The number of benzene rings is 1.